The maximum Gasteiger partial charge on any atom is 0.243 e. The van der Waals surface area contributed by atoms with Crippen LogP contribution < -0.4 is 10.6 Å². The lowest BCUT2D eigenvalue weighted by Gasteiger charge is -2.34. The molecule has 1 aromatic rings. The number of carbonyl (C=O) groups excluding carboxylic acids is 1. The fourth-order valence-corrected chi connectivity index (χ4v) is 6.17. The lowest BCUT2D eigenvalue weighted by Crippen LogP contribution is -2.49. The van der Waals surface area contributed by atoms with Gasteiger partial charge in [-0.2, -0.15) is 0 Å². The Morgan fingerprint density at radius 3 is 2.66 bits per heavy atom. The number of hydrogen-bond acceptors (Lipinski definition) is 5. The van der Waals surface area contributed by atoms with E-state index >= 15 is 0 Å². The van der Waals surface area contributed by atoms with Crippen molar-refractivity contribution in [3.8, 4) is 0 Å². The fraction of sp³-hybridized carbons (Fsp3) is 0.739. The van der Waals surface area contributed by atoms with Gasteiger partial charge in [0.25, 0.3) is 0 Å². The largest absolute Gasteiger partial charge is 0.379 e. The number of rotatable bonds is 7. The lowest BCUT2D eigenvalue weighted by atomic mass is 9.95. The van der Waals surface area contributed by atoms with Crippen molar-refractivity contribution in [2.45, 2.75) is 44.7 Å². The number of nitrogens with zero attached hydrogens (tertiary/aromatic N) is 3. The highest BCUT2D eigenvalue weighted by atomic mass is 127. The van der Waals surface area contributed by atoms with Gasteiger partial charge in [0.2, 0.25) is 5.91 Å². The monoisotopic (exact) mass is 575 g/mol. The summed E-state index contributed by atoms with van der Waals surface area (Å²) < 4.78 is 5.58. The fourth-order valence-electron chi connectivity index (χ4n) is 5.16. The first kappa shape index (κ1) is 25.7. The highest BCUT2D eigenvalue weighted by Gasteiger charge is 2.40. The molecular weight excluding hydrogens is 537 g/mol. The molecule has 9 heteroatoms. The van der Waals surface area contributed by atoms with E-state index in [0.29, 0.717) is 6.04 Å². The molecule has 1 amide bonds. The summed E-state index contributed by atoms with van der Waals surface area (Å²) >= 11 is 1.86. The number of aliphatic imine (C=N–C) groups is 1. The number of aryl methyl sites for hydroxylation is 1. The highest BCUT2D eigenvalue weighted by molar-refractivity contribution is 14.0. The molecule has 3 aliphatic rings. The molecule has 0 aromatic carbocycles. The van der Waals surface area contributed by atoms with Gasteiger partial charge in [0, 0.05) is 49.5 Å². The van der Waals surface area contributed by atoms with Gasteiger partial charge in [0.1, 0.15) is 6.54 Å². The maximum atomic E-state index is 12.2. The van der Waals surface area contributed by atoms with E-state index in [9.17, 15) is 4.79 Å². The first-order chi connectivity index (χ1) is 15.0. The van der Waals surface area contributed by atoms with Crippen molar-refractivity contribution in [2.75, 3.05) is 53.5 Å². The zero-order valence-electron chi connectivity index (χ0n) is 19.5. The van der Waals surface area contributed by atoms with E-state index in [1.807, 2.05) is 11.3 Å². The summed E-state index contributed by atoms with van der Waals surface area (Å²) in [7, 11) is 3.56. The SMILES string of the molecule is Cc1ccc(C(CNC(=NCC(=O)N(C)C)NC2CC3CCC2C3)N2CCOCC2)s1.I. The van der Waals surface area contributed by atoms with Crippen LogP contribution in [0.4, 0.5) is 0 Å². The number of nitrogens with one attached hydrogen (secondary N) is 2. The zero-order chi connectivity index (χ0) is 21.8. The molecule has 1 saturated heterocycles. The predicted molar refractivity (Wildman–Crippen MR) is 141 cm³/mol. The van der Waals surface area contributed by atoms with Gasteiger partial charge < -0.3 is 20.3 Å². The minimum Gasteiger partial charge on any atom is -0.379 e. The summed E-state index contributed by atoms with van der Waals surface area (Å²) in [6.45, 7) is 6.54. The molecule has 4 rings (SSSR count). The molecule has 4 atom stereocenters. The summed E-state index contributed by atoms with van der Waals surface area (Å²) in [4.78, 5) is 23.6. The number of halogens is 1. The Kier molecular flexibility index (Phi) is 9.63. The van der Waals surface area contributed by atoms with Crippen molar-refractivity contribution >= 4 is 47.2 Å². The van der Waals surface area contributed by atoms with Crippen molar-refractivity contribution in [3.63, 3.8) is 0 Å². The van der Waals surface area contributed by atoms with Crippen LogP contribution in [0.25, 0.3) is 0 Å². The molecule has 2 saturated carbocycles. The lowest BCUT2D eigenvalue weighted by molar-refractivity contribution is -0.127. The summed E-state index contributed by atoms with van der Waals surface area (Å²) in [5, 5.41) is 7.28. The van der Waals surface area contributed by atoms with Crippen LogP contribution in [0.1, 0.15) is 41.5 Å². The molecule has 32 heavy (non-hydrogen) atoms. The molecule has 3 fully saturated rings. The third kappa shape index (κ3) is 6.57. The number of morpholine rings is 1. The van der Waals surface area contributed by atoms with Gasteiger partial charge in [-0.3, -0.25) is 9.69 Å². The summed E-state index contributed by atoms with van der Waals surface area (Å²) in [6.07, 6.45) is 5.26. The molecule has 7 nitrogen and oxygen atoms in total. The second-order valence-corrected chi connectivity index (χ2v) is 10.7. The van der Waals surface area contributed by atoms with Crippen LogP contribution in [0.3, 0.4) is 0 Å². The number of amides is 1. The van der Waals surface area contributed by atoms with E-state index in [0.717, 1.165) is 50.6 Å². The minimum absolute atomic E-state index is 0. The van der Waals surface area contributed by atoms with E-state index in [2.05, 4.69) is 39.6 Å². The smallest absolute Gasteiger partial charge is 0.243 e. The van der Waals surface area contributed by atoms with Crippen molar-refractivity contribution < 1.29 is 9.53 Å². The Balaban J connectivity index is 0.00000289. The maximum absolute atomic E-state index is 12.2. The standard InChI is InChI=1S/C23H37N5O2S.HI/c1-16-4-7-21(31-16)20(28-8-10-30-11-9-28)14-24-23(25-15-22(29)27(2)3)26-19-13-17-5-6-18(19)12-17;/h4,7,17-20H,5-6,8-15H2,1-3H3,(H2,24,25,26);1H. The van der Waals surface area contributed by atoms with Crippen LogP contribution in [-0.2, 0) is 9.53 Å². The summed E-state index contributed by atoms with van der Waals surface area (Å²) in [6, 6.07) is 5.20. The van der Waals surface area contributed by atoms with Gasteiger partial charge in [0.05, 0.1) is 19.3 Å². The van der Waals surface area contributed by atoms with Crippen LogP contribution >= 0.6 is 35.3 Å². The van der Waals surface area contributed by atoms with Gasteiger partial charge in [0.15, 0.2) is 5.96 Å². The molecule has 2 N–H and O–H groups in total. The second-order valence-electron chi connectivity index (χ2n) is 9.37. The molecule has 1 aromatic heterocycles. The number of thiophene rings is 1. The average molecular weight is 576 g/mol. The Morgan fingerprint density at radius 1 is 1.28 bits per heavy atom. The first-order valence-electron chi connectivity index (χ1n) is 11.6. The minimum atomic E-state index is 0. The van der Waals surface area contributed by atoms with E-state index in [1.54, 1.807) is 19.0 Å². The zero-order valence-corrected chi connectivity index (χ0v) is 22.7. The third-order valence-electron chi connectivity index (χ3n) is 6.97. The predicted octanol–water partition coefficient (Wildman–Crippen LogP) is 2.86. The van der Waals surface area contributed by atoms with Gasteiger partial charge >= 0.3 is 0 Å². The number of hydrogen-bond donors (Lipinski definition) is 2. The van der Waals surface area contributed by atoms with Crippen LogP contribution in [0, 0.1) is 18.8 Å². The molecule has 2 heterocycles. The van der Waals surface area contributed by atoms with Gasteiger partial charge in [-0.1, -0.05) is 6.42 Å². The molecule has 0 spiro atoms. The first-order valence-corrected chi connectivity index (χ1v) is 12.4. The van der Waals surface area contributed by atoms with Crippen LogP contribution in [0.15, 0.2) is 17.1 Å². The molecular formula is C23H38IN5O2S. The van der Waals surface area contributed by atoms with Gasteiger partial charge in [-0.15, -0.1) is 35.3 Å². The van der Waals surface area contributed by atoms with Crippen LogP contribution in [0.5, 0.6) is 0 Å². The highest BCUT2D eigenvalue weighted by Crippen LogP contribution is 2.44. The molecule has 180 valence electrons. The van der Waals surface area contributed by atoms with Gasteiger partial charge in [-0.05, 0) is 50.2 Å². The Hall–Kier alpha value is -0.910. The van der Waals surface area contributed by atoms with Crippen LogP contribution in [-0.4, -0.2) is 81.2 Å². The van der Waals surface area contributed by atoms with Crippen molar-refractivity contribution in [2.24, 2.45) is 16.8 Å². The summed E-state index contributed by atoms with van der Waals surface area (Å²) in [5.74, 6) is 2.41. The Bertz CT molecular complexity index is 780. The molecule has 4 unspecified atom stereocenters. The Morgan fingerprint density at radius 2 is 2.06 bits per heavy atom. The van der Waals surface area contributed by atoms with E-state index in [1.165, 1.54) is 35.4 Å². The molecule has 1 aliphatic heterocycles. The number of likely N-dealkylation sites (N-methyl/N-ethyl adjacent to an activating group) is 1. The average Bonchev–Trinajstić information content (AvgIpc) is 3.50. The number of fused-ring (bicyclic) bond motifs is 2. The van der Waals surface area contributed by atoms with Crippen molar-refractivity contribution in [3.05, 3.63) is 21.9 Å². The van der Waals surface area contributed by atoms with E-state index in [4.69, 9.17) is 4.74 Å². The number of carbonyl (C=O) groups is 1. The van der Waals surface area contributed by atoms with Crippen molar-refractivity contribution in [1.29, 1.82) is 0 Å². The number of ether oxygens (including phenoxy) is 1. The second kappa shape index (κ2) is 12.0. The number of guanidine groups is 1. The van der Waals surface area contributed by atoms with E-state index in [-0.39, 0.29) is 42.5 Å². The normalized spacial score (nSPS) is 26.5. The van der Waals surface area contributed by atoms with Crippen LogP contribution in [0.2, 0.25) is 0 Å². The summed E-state index contributed by atoms with van der Waals surface area (Å²) in [5.41, 5.74) is 0. The van der Waals surface area contributed by atoms with Gasteiger partial charge in [-0.25, -0.2) is 4.99 Å². The van der Waals surface area contributed by atoms with E-state index < -0.39 is 0 Å². The Labute approximate surface area is 213 Å². The quantitative estimate of drug-likeness (QED) is 0.298. The molecule has 2 aliphatic carbocycles. The molecule has 0 radical (unpaired) electrons. The third-order valence-corrected chi connectivity index (χ3v) is 8.07. The van der Waals surface area contributed by atoms with Crippen molar-refractivity contribution in [1.82, 2.24) is 20.4 Å². The molecule has 2 bridgehead atoms. The topological polar surface area (TPSA) is 69.2 Å².